The molecular weight excluding hydrogens is 263 g/mol. The van der Waals surface area contributed by atoms with Crippen LogP contribution in [0.2, 0.25) is 0 Å². The van der Waals surface area contributed by atoms with E-state index in [0.717, 1.165) is 0 Å². The largest absolute Gasteiger partial charge is 0.418 e. The SMILES string of the molecule is CC(O)(CN1C(=O)c2ccccc2C1=O)C(F)(F)F. The van der Waals surface area contributed by atoms with Gasteiger partial charge in [-0.3, -0.25) is 14.5 Å². The molecule has 1 aliphatic rings. The zero-order valence-corrected chi connectivity index (χ0v) is 9.86. The summed E-state index contributed by atoms with van der Waals surface area (Å²) in [5.74, 6) is -1.66. The summed E-state index contributed by atoms with van der Waals surface area (Å²) in [6, 6.07) is 5.74. The molecule has 0 saturated carbocycles. The first-order valence-electron chi connectivity index (χ1n) is 5.39. The minimum atomic E-state index is -4.93. The molecule has 2 rings (SSSR count). The zero-order chi connectivity index (χ0) is 14.4. The number of carbonyl (C=O) groups is 2. The lowest BCUT2D eigenvalue weighted by Crippen LogP contribution is -2.52. The highest BCUT2D eigenvalue weighted by atomic mass is 19.4. The van der Waals surface area contributed by atoms with E-state index in [1.54, 1.807) is 0 Å². The number of alkyl halides is 3. The summed E-state index contributed by atoms with van der Waals surface area (Å²) in [6.07, 6.45) is -4.93. The molecule has 19 heavy (non-hydrogen) atoms. The van der Waals surface area contributed by atoms with E-state index in [1.165, 1.54) is 24.3 Å². The molecule has 1 N–H and O–H groups in total. The summed E-state index contributed by atoms with van der Waals surface area (Å²) in [7, 11) is 0. The highest BCUT2D eigenvalue weighted by molar-refractivity contribution is 6.21. The molecule has 1 unspecified atom stereocenters. The van der Waals surface area contributed by atoms with Crippen molar-refractivity contribution in [3.63, 3.8) is 0 Å². The van der Waals surface area contributed by atoms with Crippen LogP contribution < -0.4 is 0 Å². The number of imide groups is 1. The second-order valence-electron chi connectivity index (χ2n) is 4.51. The number of benzene rings is 1. The number of hydrogen-bond acceptors (Lipinski definition) is 3. The molecule has 0 aliphatic carbocycles. The van der Waals surface area contributed by atoms with Crippen molar-refractivity contribution in [3.05, 3.63) is 35.4 Å². The maximum Gasteiger partial charge on any atom is 0.418 e. The van der Waals surface area contributed by atoms with Gasteiger partial charge in [-0.1, -0.05) is 12.1 Å². The molecule has 0 aromatic heterocycles. The number of fused-ring (bicyclic) bond motifs is 1. The first-order chi connectivity index (χ1) is 8.65. The van der Waals surface area contributed by atoms with E-state index >= 15 is 0 Å². The number of β-amino-alcohol motifs (C(OH)–C–C–N with tert-alkyl or cyclic N) is 1. The van der Waals surface area contributed by atoms with Crippen molar-refractivity contribution in [3.8, 4) is 0 Å². The van der Waals surface area contributed by atoms with Gasteiger partial charge in [-0.15, -0.1) is 0 Å². The van der Waals surface area contributed by atoms with Crippen LogP contribution in [-0.4, -0.2) is 40.1 Å². The minimum absolute atomic E-state index is 0.0467. The lowest BCUT2D eigenvalue weighted by molar-refractivity contribution is -0.253. The van der Waals surface area contributed by atoms with Crippen LogP contribution >= 0.6 is 0 Å². The highest BCUT2D eigenvalue weighted by Crippen LogP contribution is 2.33. The van der Waals surface area contributed by atoms with Crippen LogP contribution in [0.3, 0.4) is 0 Å². The van der Waals surface area contributed by atoms with Crippen LogP contribution in [0.15, 0.2) is 24.3 Å². The Hall–Kier alpha value is -1.89. The van der Waals surface area contributed by atoms with Crippen LogP contribution in [0.1, 0.15) is 27.6 Å². The quantitative estimate of drug-likeness (QED) is 0.833. The Morgan fingerprint density at radius 3 is 1.89 bits per heavy atom. The van der Waals surface area contributed by atoms with Crippen LogP contribution in [-0.2, 0) is 0 Å². The monoisotopic (exact) mass is 273 g/mol. The lowest BCUT2D eigenvalue weighted by Gasteiger charge is -2.29. The van der Waals surface area contributed by atoms with Gasteiger partial charge in [0, 0.05) is 0 Å². The van der Waals surface area contributed by atoms with Crippen molar-refractivity contribution in [1.29, 1.82) is 0 Å². The Bertz CT molecular complexity index is 516. The van der Waals surface area contributed by atoms with Gasteiger partial charge >= 0.3 is 6.18 Å². The molecule has 0 spiro atoms. The fourth-order valence-electron chi connectivity index (χ4n) is 1.78. The van der Waals surface area contributed by atoms with Gasteiger partial charge in [0.15, 0.2) is 5.60 Å². The number of nitrogens with zero attached hydrogens (tertiary/aromatic N) is 1. The Labute approximate surface area is 106 Å². The smallest absolute Gasteiger partial charge is 0.379 e. The summed E-state index contributed by atoms with van der Waals surface area (Å²) in [6.45, 7) is -0.598. The van der Waals surface area contributed by atoms with E-state index in [9.17, 15) is 27.9 Å². The Morgan fingerprint density at radius 2 is 1.53 bits per heavy atom. The highest BCUT2D eigenvalue weighted by Gasteiger charge is 2.53. The third-order valence-corrected chi connectivity index (χ3v) is 2.95. The molecule has 2 amide bonds. The van der Waals surface area contributed by atoms with Crippen LogP contribution in [0.5, 0.6) is 0 Å². The first kappa shape index (κ1) is 13.5. The molecule has 0 bridgehead atoms. The number of halogens is 3. The van der Waals surface area contributed by atoms with E-state index in [0.29, 0.717) is 11.8 Å². The van der Waals surface area contributed by atoms with E-state index in [-0.39, 0.29) is 11.1 Å². The molecule has 1 aliphatic heterocycles. The number of carbonyl (C=O) groups excluding carboxylic acids is 2. The van der Waals surface area contributed by atoms with Crippen LogP contribution in [0.4, 0.5) is 13.2 Å². The van der Waals surface area contributed by atoms with Gasteiger partial charge in [-0.05, 0) is 19.1 Å². The third-order valence-electron chi connectivity index (χ3n) is 2.95. The molecule has 1 aromatic rings. The molecule has 4 nitrogen and oxygen atoms in total. The second kappa shape index (κ2) is 4.06. The van der Waals surface area contributed by atoms with Gasteiger partial charge in [0.2, 0.25) is 0 Å². The van der Waals surface area contributed by atoms with Crippen molar-refractivity contribution in [2.45, 2.75) is 18.7 Å². The molecule has 0 radical (unpaired) electrons. The minimum Gasteiger partial charge on any atom is -0.379 e. The Balaban J connectivity index is 2.31. The van der Waals surface area contributed by atoms with Crippen molar-refractivity contribution >= 4 is 11.8 Å². The Morgan fingerprint density at radius 1 is 1.11 bits per heavy atom. The lowest BCUT2D eigenvalue weighted by atomic mass is 10.1. The molecule has 0 fully saturated rings. The predicted molar refractivity (Wildman–Crippen MR) is 58.5 cm³/mol. The van der Waals surface area contributed by atoms with Crippen molar-refractivity contribution in [2.75, 3.05) is 6.54 Å². The molecule has 0 saturated heterocycles. The van der Waals surface area contributed by atoms with E-state index in [2.05, 4.69) is 0 Å². The molecule has 102 valence electrons. The topological polar surface area (TPSA) is 57.6 Å². The number of amides is 2. The summed E-state index contributed by atoms with van der Waals surface area (Å²) >= 11 is 0. The Kier molecular flexibility index (Phi) is 2.89. The number of rotatable bonds is 2. The van der Waals surface area contributed by atoms with Gasteiger partial charge in [0.05, 0.1) is 17.7 Å². The van der Waals surface area contributed by atoms with Gasteiger partial charge in [-0.2, -0.15) is 13.2 Å². The number of hydrogen-bond donors (Lipinski definition) is 1. The third kappa shape index (κ3) is 2.10. The fourth-order valence-corrected chi connectivity index (χ4v) is 1.78. The number of aliphatic hydroxyl groups is 1. The van der Waals surface area contributed by atoms with Gasteiger partial charge < -0.3 is 5.11 Å². The predicted octanol–water partition coefficient (Wildman–Crippen LogP) is 1.60. The molecule has 1 heterocycles. The first-order valence-corrected chi connectivity index (χ1v) is 5.39. The standard InChI is InChI=1S/C12H10F3NO3/c1-11(19,12(13,14)15)6-16-9(17)7-4-2-3-5-8(7)10(16)18/h2-5,19H,6H2,1H3. The van der Waals surface area contributed by atoms with Gasteiger partial charge in [-0.25, -0.2) is 0 Å². The maximum atomic E-state index is 12.6. The van der Waals surface area contributed by atoms with Crippen molar-refractivity contribution in [2.24, 2.45) is 0 Å². The van der Waals surface area contributed by atoms with Crippen LogP contribution in [0, 0.1) is 0 Å². The van der Waals surface area contributed by atoms with E-state index in [4.69, 9.17) is 0 Å². The van der Waals surface area contributed by atoms with E-state index < -0.39 is 30.1 Å². The van der Waals surface area contributed by atoms with Crippen molar-refractivity contribution in [1.82, 2.24) is 4.90 Å². The molecule has 1 aromatic carbocycles. The fraction of sp³-hybridized carbons (Fsp3) is 0.333. The molecule has 1 atom stereocenters. The summed E-state index contributed by atoms with van der Waals surface area (Å²) in [4.78, 5) is 24.1. The summed E-state index contributed by atoms with van der Waals surface area (Å²) in [5.41, 5.74) is -3.05. The van der Waals surface area contributed by atoms with Gasteiger partial charge in [0.1, 0.15) is 0 Å². The molecular formula is C12H10F3NO3. The second-order valence-corrected chi connectivity index (χ2v) is 4.51. The van der Waals surface area contributed by atoms with Gasteiger partial charge in [0.25, 0.3) is 11.8 Å². The van der Waals surface area contributed by atoms with Crippen molar-refractivity contribution < 1.29 is 27.9 Å². The summed E-state index contributed by atoms with van der Waals surface area (Å²) < 4.78 is 37.7. The average molecular weight is 273 g/mol. The zero-order valence-electron chi connectivity index (χ0n) is 9.86. The molecule has 7 heteroatoms. The maximum absolute atomic E-state index is 12.6. The van der Waals surface area contributed by atoms with E-state index in [1.807, 2.05) is 0 Å². The average Bonchev–Trinajstić information content (AvgIpc) is 2.54. The normalized spacial score (nSPS) is 18.5. The summed E-state index contributed by atoms with van der Waals surface area (Å²) in [5, 5.41) is 9.35. The van der Waals surface area contributed by atoms with Crippen LogP contribution in [0.25, 0.3) is 0 Å².